The van der Waals surface area contributed by atoms with Gasteiger partial charge in [-0.3, -0.25) is 9.78 Å². The number of hydrogen-bond acceptors (Lipinski definition) is 5. The van der Waals surface area contributed by atoms with E-state index in [1.807, 2.05) is 35.2 Å². The summed E-state index contributed by atoms with van der Waals surface area (Å²) in [5.74, 6) is -0.304. The average molecular weight is 389 g/mol. The number of nitrogens with zero attached hydrogens (tertiary/aromatic N) is 3. The van der Waals surface area contributed by atoms with Crippen molar-refractivity contribution in [1.29, 1.82) is 5.26 Å². The molecule has 2 unspecified atom stereocenters. The van der Waals surface area contributed by atoms with E-state index in [9.17, 15) is 14.9 Å². The van der Waals surface area contributed by atoms with Crippen molar-refractivity contribution in [3.8, 4) is 6.07 Å². The van der Waals surface area contributed by atoms with Gasteiger partial charge in [0, 0.05) is 24.2 Å². The molecule has 0 aliphatic carbocycles. The lowest BCUT2D eigenvalue weighted by Crippen LogP contribution is -2.55. The van der Waals surface area contributed by atoms with Crippen LogP contribution >= 0.6 is 0 Å². The molecule has 148 valence electrons. The van der Waals surface area contributed by atoms with Gasteiger partial charge in [0.15, 0.2) is 5.78 Å². The fourth-order valence-corrected chi connectivity index (χ4v) is 4.57. The molecule has 2 aliphatic rings. The normalized spacial score (nSPS) is 23.1. The van der Waals surface area contributed by atoms with Gasteiger partial charge in [0.1, 0.15) is 18.4 Å². The second-order valence-electron chi connectivity index (χ2n) is 7.73. The summed E-state index contributed by atoms with van der Waals surface area (Å²) in [5, 5.41) is 9.28. The first-order valence-corrected chi connectivity index (χ1v) is 10.1. The minimum atomic E-state index is -0.301. The molecule has 29 heavy (non-hydrogen) atoms. The van der Waals surface area contributed by atoms with E-state index in [1.54, 1.807) is 18.3 Å². The average Bonchev–Trinajstić information content (AvgIpc) is 2.76. The number of fused-ring (bicyclic) bond motifs is 2. The minimum absolute atomic E-state index is 0.00558. The summed E-state index contributed by atoms with van der Waals surface area (Å²) in [4.78, 5) is 31.9. The Bertz CT molecular complexity index is 924. The van der Waals surface area contributed by atoms with Crippen molar-refractivity contribution >= 4 is 11.9 Å². The lowest BCUT2D eigenvalue weighted by Gasteiger charge is -2.47. The third kappa shape index (κ3) is 4.00. The number of aromatic nitrogens is 1. The van der Waals surface area contributed by atoms with Crippen molar-refractivity contribution in [1.82, 2.24) is 9.88 Å². The zero-order valence-electron chi connectivity index (χ0n) is 16.2. The molecule has 2 aromatic rings. The van der Waals surface area contributed by atoms with Crippen LogP contribution in [-0.4, -0.2) is 33.8 Å². The Kier molecular flexibility index (Phi) is 5.57. The van der Waals surface area contributed by atoms with E-state index in [0.29, 0.717) is 18.4 Å². The van der Waals surface area contributed by atoms with Gasteiger partial charge in [0.2, 0.25) is 0 Å². The van der Waals surface area contributed by atoms with E-state index >= 15 is 0 Å². The van der Waals surface area contributed by atoms with Gasteiger partial charge in [-0.2, -0.15) is 5.26 Å². The fraction of sp³-hybridized carbons (Fsp3) is 0.391. The van der Waals surface area contributed by atoms with E-state index in [4.69, 9.17) is 4.74 Å². The summed E-state index contributed by atoms with van der Waals surface area (Å²) in [6.07, 6.45) is 5.22. The van der Waals surface area contributed by atoms with Crippen LogP contribution in [-0.2, 0) is 11.3 Å². The number of pyridine rings is 1. The first-order valence-electron chi connectivity index (χ1n) is 10.1. The number of Topliss-reactive ketones (excluding diaryl/α,β-unsaturated/α-hetero) is 1. The van der Waals surface area contributed by atoms with Crippen molar-refractivity contribution in [2.24, 2.45) is 5.92 Å². The molecule has 0 spiro atoms. The van der Waals surface area contributed by atoms with Crippen LogP contribution in [0.2, 0.25) is 0 Å². The summed E-state index contributed by atoms with van der Waals surface area (Å²) in [5.41, 5.74) is 1.51. The third-order valence-corrected chi connectivity index (χ3v) is 5.92. The molecule has 4 rings (SSSR count). The molecule has 2 bridgehead atoms. The largest absolute Gasteiger partial charge is 0.445 e. The fourth-order valence-electron chi connectivity index (χ4n) is 4.57. The number of nitriles is 1. The van der Waals surface area contributed by atoms with Crippen LogP contribution in [0.1, 0.15) is 53.7 Å². The lowest BCUT2D eigenvalue weighted by atomic mass is 9.76. The van der Waals surface area contributed by atoms with Crippen LogP contribution < -0.4 is 0 Å². The SMILES string of the molecule is N#Cc1cccnc1C(=O)C1CC2CCCC(C1)N2C(=O)OCc1ccccc1. The monoisotopic (exact) mass is 389 g/mol. The zero-order valence-corrected chi connectivity index (χ0v) is 16.2. The number of ketones is 1. The minimum Gasteiger partial charge on any atom is -0.445 e. The highest BCUT2D eigenvalue weighted by Crippen LogP contribution is 2.38. The number of piperidine rings is 2. The van der Waals surface area contributed by atoms with Crippen molar-refractivity contribution in [2.75, 3.05) is 0 Å². The molecule has 1 amide bonds. The van der Waals surface area contributed by atoms with Gasteiger partial charge in [0.25, 0.3) is 0 Å². The molecule has 2 fully saturated rings. The maximum Gasteiger partial charge on any atom is 0.410 e. The van der Waals surface area contributed by atoms with Crippen LogP contribution in [0.3, 0.4) is 0 Å². The van der Waals surface area contributed by atoms with Gasteiger partial charge in [-0.15, -0.1) is 0 Å². The van der Waals surface area contributed by atoms with E-state index in [1.165, 1.54) is 0 Å². The molecule has 2 aliphatic heterocycles. The lowest BCUT2D eigenvalue weighted by molar-refractivity contribution is 0.00462. The quantitative estimate of drug-likeness (QED) is 0.735. The van der Waals surface area contributed by atoms with E-state index < -0.39 is 0 Å². The summed E-state index contributed by atoms with van der Waals surface area (Å²) in [7, 11) is 0. The van der Waals surface area contributed by atoms with Crippen LogP contribution in [0.25, 0.3) is 0 Å². The van der Waals surface area contributed by atoms with Gasteiger partial charge in [-0.25, -0.2) is 4.79 Å². The molecule has 1 aromatic carbocycles. The zero-order chi connectivity index (χ0) is 20.2. The van der Waals surface area contributed by atoms with Gasteiger partial charge >= 0.3 is 6.09 Å². The Morgan fingerprint density at radius 3 is 2.52 bits per heavy atom. The van der Waals surface area contributed by atoms with Crippen LogP contribution in [0.4, 0.5) is 4.79 Å². The Labute approximate surface area is 170 Å². The number of carbonyl (C=O) groups excluding carboxylic acids is 2. The first-order chi connectivity index (χ1) is 14.2. The highest BCUT2D eigenvalue weighted by Gasteiger charge is 2.44. The Hall–Kier alpha value is -3.20. The molecule has 0 saturated carbocycles. The van der Waals surface area contributed by atoms with Gasteiger partial charge < -0.3 is 9.64 Å². The Morgan fingerprint density at radius 2 is 1.83 bits per heavy atom. The maximum atomic E-state index is 13.0. The summed E-state index contributed by atoms with van der Waals surface area (Å²) >= 11 is 0. The van der Waals surface area contributed by atoms with Crippen LogP contribution in [0.5, 0.6) is 0 Å². The molecule has 0 N–H and O–H groups in total. The molecular weight excluding hydrogens is 366 g/mol. The number of rotatable bonds is 4. The number of amides is 1. The molecule has 2 saturated heterocycles. The van der Waals surface area contributed by atoms with Crippen molar-refractivity contribution in [3.05, 3.63) is 65.5 Å². The second-order valence-corrected chi connectivity index (χ2v) is 7.73. The predicted octanol–water partition coefficient (Wildman–Crippen LogP) is 4.11. The van der Waals surface area contributed by atoms with Gasteiger partial charge in [0.05, 0.1) is 5.56 Å². The summed E-state index contributed by atoms with van der Waals surface area (Å²) in [6.45, 7) is 0.247. The van der Waals surface area contributed by atoms with Crippen molar-refractivity contribution < 1.29 is 14.3 Å². The molecule has 0 radical (unpaired) electrons. The first kappa shape index (κ1) is 19.1. The van der Waals surface area contributed by atoms with Crippen molar-refractivity contribution in [3.63, 3.8) is 0 Å². The van der Waals surface area contributed by atoms with E-state index in [0.717, 1.165) is 24.8 Å². The molecular formula is C23H23N3O3. The number of hydrogen-bond donors (Lipinski definition) is 0. The third-order valence-electron chi connectivity index (χ3n) is 5.92. The van der Waals surface area contributed by atoms with Crippen molar-refractivity contribution in [2.45, 2.75) is 50.8 Å². The molecule has 1 aromatic heterocycles. The van der Waals surface area contributed by atoms with Gasteiger partial charge in [-0.1, -0.05) is 30.3 Å². The smallest absolute Gasteiger partial charge is 0.410 e. The number of carbonyl (C=O) groups is 2. The van der Waals surface area contributed by atoms with Gasteiger partial charge in [-0.05, 0) is 49.8 Å². The molecule has 2 atom stereocenters. The highest BCUT2D eigenvalue weighted by molar-refractivity contribution is 5.98. The topological polar surface area (TPSA) is 83.3 Å². The standard InChI is InChI=1S/C23H23N3O3/c24-14-17-8-5-11-25-21(17)22(27)18-12-19-9-4-10-20(13-18)26(19)23(28)29-15-16-6-2-1-3-7-16/h1-3,5-8,11,18-20H,4,9-10,12-13,15H2. The summed E-state index contributed by atoms with van der Waals surface area (Å²) < 4.78 is 5.57. The second kappa shape index (κ2) is 8.44. The van der Waals surface area contributed by atoms with E-state index in [2.05, 4.69) is 11.1 Å². The van der Waals surface area contributed by atoms with E-state index in [-0.39, 0.29) is 42.2 Å². The highest BCUT2D eigenvalue weighted by atomic mass is 16.6. The molecule has 6 nitrogen and oxygen atoms in total. The number of benzene rings is 1. The Morgan fingerprint density at radius 1 is 1.10 bits per heavy atom. The summed E-state index contributed by atoms with van der Waals surface area (Å²) in [6, 6.07) is 15.0. The molecule has 3 heterocycles. The number of ether oxygens (including phenoxy) is 1. The Balaban J connectivity index is 1.45. The predicted molar refractivity (Wildman–Crippen MR) is 106 cm³/mol. The maximum absolute atomic E-state index is 13.0. The van der Waals surface area contributed by atoms with Crippen LogP contribution in [0, 0.1) is 17.2 Å². The van der Waals surface area contributed by atoms with Crippen LogP contribution in [0.15, 0.2) is 48.7 Å². The molecule has 6 heteroatoms.